The summed E-state index contributed by atoms with van der Waals surface area (Å²) in [5, 5.41) is 9.55. The van der Waals surface area contributed by atoms with Gasteiger partial charge in [-0.05, 0) is 36.4 Å². The molecule has 2 heterocycles. The van der Waals surface area contributed by atoms with Crippen molar-refractivity contribution in [2.24, 2.45) is 7.05 Å². The molecule has 0 fully saturated rings. The quantitative estimate of drug-likeness (QED) is 0.492. The number of hydrogen-bond donors (Lipinski definition) is 3. The molecule has 3 N–H and O–H groups in total. The van der Waals surface area contributed by atoms with Crippen LogP contribution in [0.5, 0.6) is 0 Å². The molecule has 0 saturated carbocycles. The first kappa shape index (κ1) is 17.4. The number of benzene rings is 2. The molecule has 0 bridgehead atoms. The van der Waals surface area contributed by atoms with E-state index in [1.165, 1.54) is 6.33 Å². The van der Waals surface area contributed by atoms with E-state index in [1.807, 2.05) is 0 Å². The third-order valence-corrected chi connectivity index (χ3v) is 4.28. The normalized spacial score (nSPS) is 10.8. The second-order valence-electron chi connectivity index (χ2n) is 6.15. The van der Waals surface area contributed by atoms with E-state index < -0.39 is 0 Å². The molecule has 0 aliphatic carbocycles. The minimum atomic E-state index is -0.270. The molecule has 9 nitrogen and oxygen atoms in total. The monoisotopic (exact) mass is 375 g/mol. The van der Waals surface area contributed by atoms with Gasteiger partial charge in [-0.2, -0.15) is 5.10 Å². The predicted octanol–water partition coefficient (Wildman–Crippen LogP) is 1.87. The summed E-state index contributed by atoms with van der Waals surface area (Å²) in [7, 11) is 1.76. The number of aryl methyl sites for hydroxylation is 1. The highest BCUT2D eigenvalue weighted by molar-refractivity contribution is 6.06. The number of anilines is 1. The summed E-state index contributed by atoms with van der Waals surface area (Å²) in [6, 6.07) is 12.0. The van der Waals surface area contributed by atoms with Gasteiger partial charge in [0.2, 0.25) is 0 Å². The Labute approximate surface area is 159 Å². The number of amides is 2. The molecule has 0 saturated heterocycles. The second kappa shape index (κ2) is 7.31. The highest BCUT2D eigenvalue weighted by atomic mass is 16.2. The molecule has 0 aliphatic rings. The van der Waals surface area contributed by atoms with Gasteiger partial charge in [0.05, 0.1) is 23.9 Å². The summed E-state index contributed by atoms with van der Waals surface area (Å²) < 4.78 is 1.59. The van der Waals surface area contributed by atoms with Gasteiger partial charge in [0.25, 0.3) is 11.8 Å². The first-order chi connectivity index (χ1) is 13.6. The van der Waals surface area contributed by atoms with Crippen molar-refractivity contribution in [1.82, 2.24) is 30.0 Å². The topological polar surface area (TPSA) is 118 Å². The van der Waals surface area contributed by atoms with Crippen LogP contribution < -0.4 is 10.6 Å². The molecule has 9 heteroatoms. The Hall–Kier alpha value is -4.01. The van der Waals surface area contributed by atoms with E-state index in [2.05, 4.69) is 30.7 Å². The lowest BCUT2D eigenvalue weighted by Crippen LogP contribution is -2.24. The Morgan fingerprint density at radius 3 is 2.75 bits per heavy atom. The molecular formula is C19H17N7O2. The van der Waals surface area contributed by atoms with Crippen molar-refractivity contribution in [3.05, 3.63) is 72.1 Å². The number of nitrogens with one attached hydrogen (secondary N) is 3. The third kappa shape index (κ3) is 3.58. The largest absolute Gasteiger partial charge is 0.345 e. The van der Waals surface area contributed by atoms with Gasteiger partial charge < -0.3 is 15.6 Å². The van der Waals surface area contributed by atoms with Gasteiger partial charge in [0.15, 0.2) is 0 Å². The highest BCUT2D eigenvalue weighted by Gasteiger charge is 2.11. The lowest BCUT2D eigenvalue weighted by Gasteiger charge is -2.08. The SMILES string of the molecule is Cn1ncnc1CNC(=O)c1cccc(NC(=O)c2ccc3nc[nH]c3c2)c1. The first-order valence-electron chi connectivity index (χ1n) is 8.56. The van der Waals surface area contributed by atoms with E-state index in [-0.39, 0.29) is 18.4 Å². The molecule has 2 aromatic heterocycles. The fourth-order valence-corrected chi connectivity index (χ4v) is 2.76. The van der Waals surface area contributed by atoms with Crippen LogP contribution in [0, 0.1) is 0 Å². The molecule has 0 unspecified atom stereocenters. The molecular weight excluding hydrogens is 358 g/mol. The number of hydrogen-bond acceptors (Lipinski definition) is 5. The summed E-state index contributed by atoms with van der Waals surface area (Å²) in [4.78, 5) is 36.1. The van der Waals surface area contributed by atoms with Gasteiger partial charge in [-0.3, -0.25) is 14.3 Å². The minimum Gasteiger partial charge on any atom is -0.345 e. The average Bonchev–Trinajstić information content (AvgIpc) is 3.34. The number of aromatic amines is 1. The second-order valence-corrected chi connectivity index (χ2v) is 6.15. The maximum atomic E-state index is 12.5. The van der Waals surface area contributed by atoms with Gasteiger partial charge in [0.1, 0.15) is 12.2 Å². The first-order valence-corrected chi connectivity index (χ1v) is 8.56. The van der Waals surface area contributed by atoms with E-state index in [1.54, 1.807) is 60.5 Å². The van der Waals surface area contributed by atoms with Gasteiger partial charge in [-0.15, -0.1) is 0 Å². The van der Waals surface area contributed by atoms with E-state index in [0.29, 0.717) is 22.6 Å². The summed E-state index contributed by atoms with van der Waals surface area (Å²) >= 11 is 0. The van der Waals surface area contributed by atoms with Crippen molar-refractivity contribution < 1.29 is 9.59 Å². The zero-order valence-electron chi connectivity index (χ0n) is 15.0. The molecule has 0 aliphatic heterocycles. The lowest BCUT2D eigenvalue weighted by atomic mass is 10.1. The summed E-state index contributed by atoms with van der Waals surface area (Å²) in [5.74, 6) is 0.109. The molecule has 0 radical (unpaired) electrons. The molecule has 4 aromatic rings. The standard InChI is InChI=1S/C19H17N7O2/c1-26-17(23-11-24-26)9-20-18(27)12-3-2-4-14(7-12)25-19(28)13-5-6-15-16(8-13)22-10-21-15/h2-8,10-11H,9H2,1H3,(H,20,27)(H,21,22)(H,25,28). The van der Waals surface area contributed by atoms with E-state index >= 15 is 0 Å². The number of carbonyl (C=O) groups excluding carboxylic acids is 2. The molecule has 0 atom stereocenters. The number of carbonyl (C=O) groups is 2. The van der Waals surface area contributed by atoms with Crippen molar-refractivity contribution in [3.63, 3.8) is 0 Å². The fourth-order valence-electron chi connectivity index (χ4n) is 2.76. The Morgan fingerprint density at radius 1 is 1.07 bits per heavy atom. The van der Waals surface area contributed by atoms with Gasteiger partial charge in [-0.1, -0.05) is 6.07 Å². The maximum absolute atomic E-state index is 12.5. The Balaban J connectivity index is 1.44. The van der Waals surface area contributed by atoms with Crippen LogP contribution in [-0.2, 0) is 13.6 Å². The number of nitrogens with zero attached hydrogens (tertiary/aromatic N) is 4. The molecule has 0 spiro atoms. The molecule has 140 valence electrons. The van der Waals surface area contributed by atoms with Crippen molar-refractivity contribution >= 4 is 28.5 Å². The number of rotatable bonds is 5. The van der Waals surface area contributed by atoms with Crippen molar-refractivity contribution in [3.8, 4) is 0 Å². The zero-order chi connectivity index (χ0) is 19.5. The Kier molecular flexibility index (Phi) is 4.55. The van der Waals surface area contributed by atoms with Crippen LogP contribution in [0.15, 0.2) is 55.1 Å². The maximum Gasteiger partial charge on any atom is 0.255 e. The van der Waals surface area contributed by atoms with Crippen LogP contribution in [0.2, 0.25) is 0 Å². The number of H-pyrrole nitrogens is 1. The van der Waals surface area contributed by atoms with Gasteiger partial charge in [0, 0.05) is 23.9 Å². The van der Waals surface area contributed by atoms with Crippen LogP contribution >= 0.6 is 0 Å². The van der Waals surface area contributed by atoms with Crippen molar-refractivity contribution in [2.45, 2.75) is 6.54 Å². The number of aromatic nitrogens is 5. The van der Waals surface area contributed by atoms with Crippen LogP contribution in [0.4, 0.5) is 5.69 Å². The smallest absolute Gasteiger partial charge is 0.255 e. The van der Waals surface area contributed by atoms with Gasteiger partial charge in [-0.25, -0.2) is 9.97 Å². The molecule has 4 rings (SSSR count). The highest BCUT2D eigenvalue weighted by Crippen LogP contribution is 2.15. The number of fused-ring (bicyclic) bond motifs is 1. The third-order valence-electron chi connectivity index (χ3n) is 4.28. The van der Waals surface area contributed by atoms with Crippen LogP contribution in [0.3, 0.4) is 0 Å². The Bertz CT molecular complexity index is 1160. The van der Waals surface area contributed by atoms with Crippen molar-refractivity contribution in [2.75, 3.05) is 5.32 Å². The van der Waals surface area contributed by atoms with E-state index in [9.17, 15) is 9.59 Å². The lowest BCUT2D eigenvalue weighted by molar-refractivity contribution is 0.0948. The van der Waals surface area contributed by atoms with Crippen LogP contribution in [-0.4, -0.2) is 36.5 Å². The number of imidazole rings is 1. The van der Waals surface area contributed by atoms with E-state index in [4.69, 9.17) is 0 Å². The summed E-state index contributed by atoms with van der Waals surface area (Å²) in [5.41, 5.74) is 3.03. The summed E-state index contributed by atoms with van der Waals surface area (Å²) in [6.07, 6.45) is 3.01. The Morgan fingerprint density at radius 2 is 1.93 bits per heavy atom. The molecule has 2 amide bonds. The van der Waals surface area contributed by atoms with Gasteiger partial charge >= 0.3 is 0 Å². The fraction of sp³-hybridized carbons (Fsp3) is 0.105. The molecule has 2 aromatic carbocycles. The van der Waals surface area contributed by atoms with Crippen molar-refractivity contribution in [1.29, 1.82) is 0 Å². The van der Waals surface area contributed by atoms with E-state index in [0.717, 1.165) is 11.0 Å². The molecule has 28 heavy (non-hydrogen) atoms. The summed E-state index contributed by atoms with van der Waals surface area (Å²) in [6.45, 7) is 0.260. The zero-order valence-corrected chi connectivity index (χ0v) is 15.0. The van der Waals surface area contributed by atoms with Crippen LogP contribution in [0.1, 0.15) is 26.5 Å². The predicted molar refractivity (Wildman–Crippen MR) is 103 cm³/mol. The average molecular weight is 375 g/mol. The van der Waals surface area contributed by atoms with Crippen LogP contribution in [0.25, 0.3) is 11.0 Å². The minimum absolute atomic E-state index is 0.260.